The smallest absolute Gasteiger partial charge is 0.414 e. The minimum atomic E-state index is -0.558. The van der Waals surface area contributed by atoms with Gasteiger partial charge in [-0.1, -0.05) is 44.2 Å². The Hall–Kier alpha value is -3.72. The number of hydrogen-bond acceptors (Lipinski definition) is 5. The lowest BCUT2D eigenvalue weighted by atomic mass is 10.0. The molecule has 2 amide bonds. The first-order valence-corrected chi connectivity index (χ1v) is 11.5. The van der Waals surface area contributed by atoms with Crippen LogP contribution < -0.4 is 21.3 Å². The van der Waals surface area contributed by atoms with Crippen LogP contribution in [0.15, 0.2) is 59.2 Å². The molecular weight excluding hydrogens is 449 g/mol. The van der Waals surface area contributed by atoms with E-state index in [1.807, 2.05) is 58.0 Å². The van der Waals surface area contributed by atoms with E-state index in [9.17, 15) is 14.0 Å². The number of halogens is 1. The monoisotopic (exact) mass is 485 g/mol. The molecule has 0 radical (unpaired) electrons. The molecule has 1 atom stereocenters. The molecule has 1 heterocycles. The Morgan fingerprint density at radius 2 is 1.94 bits per heavy atom. The molecule has 1 aliphatic heterocycles. The molecule has 1 fully saturated rings. The summed E-state index contributed by atoms with van der Waals surface area (Å²) in [6.07, 6.45) is 3.18. The zero-order valence-electron chi connectivity index (χ0n) is 21.0. The fourth-order valence-electron chi connectivity index (χ4n) is 2.99. The molecule has 2 aromatic rings. The lowest BCUT2D eigenvalue weighted by Crippen LogP contribution is -2.30. The molecule has 8 nitrogen and oxygen atoms in total. The van der Waals surface area contributed by atoms with Gasteiger partial charge in [0, 0.05) is 24.9 Å². The van der Waals surface area contributed by atoms with Gasteiger partial charge in [-0.05, 0) is 43.2 Å². The minimum Gasteiger partial charge on any atom is -0.442 e. The number of nitrogens with one attached hydrogen (secondary N) is 2. The zero-order valence-corrected chi connectivity index (χ0v) is 21.0. The lowest BCUT2D eigenvalue weighted by molar-refractivity contribution is -0.109. The highest BCUT2D eigenvalue weighted by molar-refractivity contribution is 5.90. The van der Waals surface area contributed by atoms with Crippen LogP contribution in [0.1, 0.15) is 33.3 Å². The maximum Gasteiger partial charge on any atom is 0.414 e. The molecule has 3 rings (SSSR count). The van der Waals surface area contributed by atoms with Gasteiger partial charge in [-0.25, -0.2) is 9.18 Å². The van der Waals surface area contributed by atoms with E-state index in [1.165, 1.54) is 11.0 Å². The average Bonchev–Trinajstić information content (AvgIpc) is 3.27. The number of hydrogen-bond donors (Lipinski definition) is 3. The number of benzene rings is 2. The largest absolute Gasteiger partial charge is 0.442 e. The molecule has 0 aromatic heterocycles. The Bertz CT molecular complexity index is 993. The second kappa shape index (κ2) is 16.0. The summed E-state index contributed by atoms with van der Waals surface area (Å²) >= 11 is 0. The Kier molecular flexibility index (Phi) is 13.4. The quantitative estimate of drug-likeness (QED) is 0.295. The molecule has 0 saturated carbocycles. The molecule has 190 valence electrons. The molecule has 9 heteroatoms. The molecule has 1 saturated heterocycles. The second-order valence-corrected chi connectivity index (χ2v) is 7.21. The van der Waals surface area contributed by atoms with Crippen LogP contribution in [0.3, 0.4) is 0 Å². The van der Waals surface area contributed by atoms with Crippen LogP contribution in [0.2, 0.25) is 0 Å². The first-order chi connectivity index (χ1) is 16.9. The average molecular weight is 486 g/mol. The first kappa shape index (κ1) is 29.3. The van der Waals surface area contributed by atoms with E-state index >= 15 is 0 Å². The number of carbonyl (C=O) groups is 2. The molecule has 0 bridgehead atoms. The third kappa shape index (κ3) is 9.21. The van der Waals surface area contributed by atoms with E-state index in [-0.39, 0.29) is 13.1 Å². The van der Waals surface area contributed by atoms with Crippen LogP contribution in [0.5, 0.6) is 0 Å². The summed E-state index contributed by atoms with van der Waals surface area (Å²) < 4.78 is 19.7. The van der Waals surface area contributed by atoms with Gasteiger partial charge in [-0.2, -0.15) is 0 Å². The molecule has 1 unspecified atom stereocenters. The van der Waals surface area contributed by atoms with Crippen molar-refractivity contribution < 1.29 is 18.7 Å². The predicted molar refractivity (Wildman–Crippen MR) is 140 cm³/mol. The number of nitrogens with two attached hydrogens (primary N) is 1. The normalized spacial score (nSPS) is 14.9. The van der Waals surface area contributed by atoms with E-state index in [1.54, 1.807) is 25.5 Å². The topological polar surface area (TPSA) is 109 Å². The Labute approximate surface area is 207 Å². The van der Waals surface area contributed by atoms with Crippen LogP contribution in [-0.2, 0) is 16.1 Å². The number of nitrogens with zero attached hydrogens (tertiary/aromatic N) is 2. The van der Waals surface area contributed by atoms with Gasteiger partial charge in [-0.3, -0.25) is 14.7 Å². The van der Waals surface area contributed by atoms with Crippen molar-refractivity contribution in [1.82, 2.24) is 10.6 Å². The van der Waals surface area contributed by atoms with Crippen LogP contribution in [0.4, 0.5) is 14.9 Å². The number of carbonyl (C=O) groups excluding carboxylic acids is 2. The van der Waals surface area contributed by atoms with Gasteiger partial charge in [0.05, 0.1) is 25.1 Å². The van der Waals surface area contributed by atoms with Crippen molar-refractivity contribution in [1.29, 1.82) is 0 Å². The molecule has 2 aromatic carbocycles. The summed E-state index contributed by atoms with van der Waals surface area (Å²) in [6.45, 7) is 8.87. The van der Waals surface area contributed by atoms with Crippen LogP contribution in [0, 0.1) is 5.82 Å². The number of amides is 2. The molecule has 0 spiro atoms. The lowest BCUT2D eigenvalue weighted by Gasteiger charge is -2.14. The van der Waals surface area contributed by atoms with Crippen molar-refractivity contribution in [3.05, 3.63) is 65.6 Å². The fraction of sp³-hybridized carbons (Fsp3) is 0.346. The van der Waals surface area contributed by atoms with Gasteiger partial charge < -0.3 is 21.1 Å². The van der Waals surface area contributed by atoms with Gasteiger partial charge in [0.1, 0.15) is 11.9 Å². The number of allylic oxidation sites excluding steroid dienone is 2. The Morgan fingerprint density at radius 3 is 2.49 bits per heavy atom. The molecule has 35 heavy (non-hydrogen) atoms. The van der Waals surface area contributed by atoms with Crippen molar-refractivity contribution in [2.24, 2.45) is 10.7 Å². The second-order valence-electron chi connectivity index (χ2n) is 7.21. The predicted octanol–water partition coefficient (Wildman–Crippen LogP) is 4.21. The van der Waals surface area contributed by atoms with E-state index in [0.29, 0.717) is 24.2 Å². The van der Waals surface area contributed by atoms with Crippen LogP contribution >= 0.6 is 0 Å². The van der Waals surface area contributed by atoms with Crippen molar-refractivity contribution in [2.75, 3.05) is 25.0 Å². The van der Waals surface area contributed by atoms with E-state index in [4.69, 9.17) is 10.5 Å². The van der Waals surface area contributed by atoms with Gasteiger partial charge in [0.25, 0.3) is 0 Å². The fourth-order valence-corrected chi connectivity index (χ4v) is 2.99. The highest BCUT2D eigenvalue weighted by Crippen LogP contribution is 2.29. The number of aliphatic imine (C=N–C) groups is 1. The molecule has 1 aliphatic rings. The highest BCUT2D eigenvalue weighted by Gasteiger charge is 2.32. The van der Waals surface area contributed by atoms with Gasteiger partial charge >= 0.3 is 6.09 Å². The summed E-state index contributed by atoms with van der Waals surface area (Å²) in [4.78, 5) is 27.4. The number of ether oxygens (including phenoxy) is 1. The van der Waals surface area contributed by atoms with Crippen molar-refractivity contribution in [2.45, 2.75) is 40.3 Å². The summed E-state index contributed by atoms with van der Waals surface area (Å²) in [5, 5.41) is 5.42. The summed E-state index contributed by atoms with van der Waals surface area (Å²) in [5.74, 6) is -0.430. The number of rotatable bonds is 8. The number of anilines is 1. The van der Waals surface area contributed by atoms with Crippen molar-refractivity contribution in [3.63, 3.8) is 0 Å². The third-order valence-electron chi connectivity index (χ3n) is 4.92. The van der Waals surface area contributed by atoms with E-state index < -0.39 is 18.0 Å². The van der Waals surface area contributed by atoms with E-state index in [2.05, 4.69) is 15.6 Å². The standard InChI is InChI=1S/C18H18FN3O3.C6H12N2.C2H6/c19-17-7-14(22-10-15(9-21-11-23)25-18(22)24)5-6-16(17)13-3-1-12(8-20)2-4-13;1-4-6(2)8-5-7-3;1-2/h1-7,11,15H,8-10,20H2,(H,21,23);4-5H,1-3H3,(H,7,8);1-2H3/b;6-4+;. The van der Waals surface area contributed by atoms with Crippen molar-refractivity contribution in [3.8, 4) is 11.1 Å². The minimum absolute atomic E-state index is 0.222. The zero-order chi connectivity index (χ0) is 26.2. The Balaban J connectivity index is 0.000000523. The molecular formula is C26H36FN5O3. The molecule has 4 N–H and O–H groups in total. The maximum absolute atomic E-state index is 14.5. The summed E-state index contributed by atoms with van der Waals surface area (Å²) in [5.41, 5.74) is 9.25. The maximum atomic E-state index is 14.5. The summed E-state index contributed by atoms with van der Waals surface area (Å²) in [6, 6.07) is 11.9. The van der Waals surface area contributed by atoms with E-state index in [0.717, 1.165) is 16.8 Å². The molecule has 0 aliphatic carbocycles. The van der Waals surface area contributed by atoms with Gasteiger partial charge in [0.15, 0.2) is 0 Å². The van der Waals surface area contributed by atoms with Crippen LogP contribution in [0.25, 0.3) is 11.1 Å². The summed E-state index contributed by atoms with van der Waals surface area (Å²) in [7, 11) is 1.73. The van der Waals surface area contributed by atoms with Gasteiger partial charge in [-0.15, -0.1) is 0 Å². The van der Waals surface area contributed by atoms with Crippen LogP contribution in [-0.4, -0.2) is 45.1 Å². The number of cyclic esters (lactones) is 1. The SMILES string of the molecule is C/C=C(\C)NC=NC.CC.NCc1ccc(-c2ccc(N3CC(CNC=O)OC3=O)cc2F)cc1. The first-order valence-electron chi connectivity index (χ1n) is 11.5. The van der Waals surface area contributed by atoms with Crippen molar-refractivity contribution >= 4 is 24.5 Å². The van der Waals surface area contributed by atoms with Gasteiger partial charge in [0.2, 0.25) is 6.41 Å². The third-order valence-corrected chi connectivity index (χ3v) is 4.92. The highest BCUT2D eigenvalue weighted by atomic mass is 19.1. The Morgan fingerprint density at radius 1 is 1.26 bits per heavy atom.